The van der Waals surface area contributed by atoms with Crippen molar-refractivity contribution in [2.45, 2.75) is 56.6 Å². The van der Waals surface area contributed by atoms with E-state index in [2.05, 4.69) is 35.1 Å². The number of pyridine rings is 2. The van der Waals surface area contributed by atoms with Crippen LogP contribution in [0.5, 0.6) is 0 Å². The van der Waals surface area contributed by atoms with Gasteiger partial charge in [-0.05, 0) is 56.3 Å². The normalized spacial score (nSPS) is 24.4. The summed E-state index contributed by atoms with van der Waals surface area (Å²) >= 11 is 0. The summed E-state index contributed by atoms with van der Waals surface area (Å²) in [5.41, 5.74) is 2.57. The largest absolute Gasteiger partial charge is 0.372 e. The molecule has 1 aliphatic carbocycles. The Morgan fingerprint density at radius 1 is 1.11 bits per heavy atom. The summed E-state index contributed by atoms with van der Waals surface area (Å²) in [7, 11) is -3.04. The summed E-state index contributed by atoms with van der Waals surface area (Å²) < 4.78 is 29.0. The Morgan fingerprint density at radius 2 is 1.86 bits per heavy atom. The molecule has 1 saturated heterocycles. The van der Waals surface area contributed by atoms with Crippen LogP contribution in [0.1, 0.15) is 33.8 Å². The second kappa shape index (κ2) is 9.78. The molecule has 3 heterocycles. The molecule has 0 unspecified atom stereocenters. The highest BCUT2D eigenvalue weighted by Crippen LogP contribution is 2.28. The molecule has 5 rings (SSSR count). The monoisotopic (exact) mass is 510 g/mol. The van der Waals surface area contributed by atoms with E-state index < -0.39 is 9.84 Å². The van der Waals surface area contributed by atoms with Gasteiger partial charge in [-0.15, -0.1) is 0 Å². The fraction of sp³-hybridized carbons (Fsp3) is 0.444. The van der Waals surface area contributed by atoms with Crippen LogP contribution in [0.4, 0.5) is 5.82 Å². The molecule has 0 bridgehead atoms. The van der Waals surface area contributed by atoms with Gasteiger partial charge < -0.3 is 15.0 Å². The number of carbonyl (C=O) groups is 1. The lowest BCUT2D eigenvalue weighted by molar-refractivity contribution is -0.121. The van der Waals surface area contributed by atoms with E-state index in [1.807, 2.05) is 36.4 Å². The summed E-state index contributed by atoms with van der Waals surface area (Å²) in [6.45, 7) is 5.79. The summed E-state index contributed by atoms with van der Waals surface area (Å²) in [6.07, 6.45) is 4.47. The van der Waals surface area contributed by atoms with Crippen LogP contribution < -0.4 is 10.2 Å². The van der Waals surface area contributed by atoms with Gasteiger partial charge >= 0.3 is 0 Å². The Kier molecular flexibility index (Phi) is 6.70. The van der Waals surface area contributed by atoms with Crippen molar-refractivity contribution in [1.82, 2.24) is 15.3 Å². The second-order valence-electron chi connectivity index (χ2n) is 10.1. The zero-order valence-electron chi connectivity index (χ0n) is 20.8. The minimum Gasteiger partial charge on any atom is -0.372 e. The van der Waals surface area contributed by atoms with Gasteiger partial charge in [0.25, 0.3) is 0 Å². The van der Waals surface area contributed by atoms with Gasteiger partial charge in [0.1, 0.15) is 15.7 Å². The van der Waals surface area contributed by atoms with Crippen LogP contribution in [0.3, 0.4) is 0 Å². The molecule has 8 nitrogen and oxygen atoms in total. The van der Waals surface area contributed by atoms with Crippen LogP contribution in [0.25, 0.3) is 22.0 Å². The number of fused-ring (bicyclic) bond motifs is 1. The molecule has 2 atom stereocenters. The number of aromatic nitrogens is 2. The van der Waals surface area contributed by atoms with Crippen molar-refractivity contribution >= 4 is 32.3 Å². The van der Waals surface area contributed by atoms with Crippen molar-refractivity contribution in [1.29, 1.82) is 0 Å². The van der Waals surface area contributed by atoms with Crippen molar-refractivity contribution < 1.29 is 19.4 Å². The number of nitrogens with zero attached hydrogens (tertiary/aromatic N) is 3. The number of carbonyl (C=O) groups excluding carboxylic acids is 1. The number of amides is 1. The molecule has 1 N–H and O–H groups in total. The average molecular weight is 511 g/mol. The molecule has 2 aromatic heterocycles. The third kappa shape index (κ3) is 5.52. The number of sulfone groups is 1. The standard InChI is InChI=1S/C27H32N4O4S.H2/c1-17-15-31(16-18(2)35-17)26-6-4-5-25(30-26)19-7-8-20-14-28-22(10-21(20)9-19)13-27(32)29-23-11-24(12-23)36(3,33)34;/h4-10,14,17-18,23-24H,11-13,15-16H2,1-3H3,(H,29,32);1H/t17-,18+,23?,24?;. The maximum Gasteiger partial charge on any atom is 0.226 e. The van der Waals surface area contributed by atoms with Crippen LogP contribution >= 0.6 is 0 Å². The zero-order chi connectivity index (χ0) is 25.4. The minimum atomic E-state index is -3.04. The molecule has 1 aromatic carbocycles. The number of ether oxygens (including phenoxy) is 1. The summed E-state index contributed by atoms with van der Waals surface area (Å²) in [5.74, 6) is 0.800. The third-order valence-electron chi connectivity index (χ3n) is 6.96. The maximum absolute atomic E-state index is 12.5. The number of nitrogens with one attached hydrogen (secondary N) is 1. The Bertz CT molecular complexity index is 1380. The van der Waals surface area contributed by atoms with Gasteiger partial charge in [0.15, 0.2) is 0 Å². The maximum atomic E-state index is 12.5. The molecule has 192 valence electrons. The molecule has 1 saturated carbocycles. The SMILES string of the molecule is C[C@@H]1CN(c2cccc(-c3ccc4cnc(CC(=O)NC5CC(S(C)(=O)=O)C5)cc4c3)n2)C[C@H](C)O1.[HH]. The lowest BCUT2D eigenvalue weighted by Crippen LogP contribution is -2.49. The number of anilines is 1. The van der Waals surface area contributed by atoms with E-state index in [1.165, 1.54) is 6.26 Å². The average Bonchev–Trinajstić information content (AvgIpc) is 2.79. The van der Waals surface area contributed by atoms with Gasteiger partial charge in [-0.2, -0.15) is 0 Å². The molecule has 36 heavy (non-hydrogen) atoms. The molecule has 0 spiro atoms. The molecule has 0 radical (unpaired) electrons. The first-order valence-electron chi connectivity index (χ1n) is 12.4. The van der Waals surface area contributed by atoms with E-state index in [9.17, 15) is 13.2 Å². The predicted molar refractivity (Wildman–Crippen MR) is 143 cm³/mol. The third-order valence-corrected chi connectivity index (χ3v) is 8.56. The summed E-state index contributed by atoms with van der Waals surface area (Å²) in [6, 6.07) is 14.1. The Labute approximate surface area is 213 Å². The van der Waals surface area contributed by atoms with Crippen molar-refractivity contribution in [3.05, 3.63) is 54.4 Å². The molecular formula is C27H34N4O4S. The number of benzene rings is 1. The fourth-order valence-electron chi connectivity index (χ4n) is 5.04. The summed E-state index contributed by atoms with van der Waals surface area (Å²) in [4.78, 5) is 24.2. The molecule has 1 amide bonds. The van der Waals surface area contributed by atoms with Gasteiger partial charge in [-0.25, -0.2) is 13.4 Å². The molecule has 1 aliphatic heterocycles. The number of hydrogen-bond donors (Lipinski definition) is 1. The number of hydrogen-bond acceptors (Lipinski definition) is 7. The lowest BCUT2D eigenvalue weighted by atomic mass is 9.92. The highest BCUT2D eigenvalue weighted by Gasteiger charge is 2.36. The van der Waals surface area contributed by atoms with Crippen LogP contribution in [0, 0.1) is 0 Å². The highest BCUT2D eigenvalue weighted by atomic mass is 32.2. The molecule has 2 fully saturated rings. The Morgan fingerprint density at radius 3 is 2.58 bits per heavy atom. The molecule has 9 heteroatoms. The first kappa shape index (κ1) is 24.6. The molecule has 3 aromatic rings. The van der Waals surface area contributed by atoms with Crippen molar-refractivity contribution in [3.63, 3.8) is 0 Å². The lowest BCUT2D eigenvalue weighted by Gasteiger charge is -2.36. The van der Waals surface area contributed by atoms with E-state index >= 15 is 0 Å². The van der Waals surface area contributed by atoms with Gasteiger partial charge in [-0.3, -0.25) is 9.78 Å². The van der Waals surface area contributed by atoms with Crippen LogP contribution in [0.15, 0.2) is 48.7 Å². The van der Waals surface area contributed by atoms with Crippen LogP contribution in [0.2, 0.25) is 0 Å². The van der Waals surface area contributed by atoms with Gasteiger partial charge in [0, 0.05) is 44.0 Å². The zero-order valence-corrected chi connectivity index (χ0v) is 21.7. The van der Waals surface area contributed by atoms with E-state index in [0.29, 0.717) is 18.5 Å². The van der Waals surface area contributed by atoms with Crippen molar-refractivity contribution in [2.24, 2.45) is 0 Å². The fourth-order valence-corrected chi connectivity index (χ4v) is 6.21. The van der Waals surface area contributed by atoms with Gasteiger partial charge in [0.2, 0.25) is 5.91 Å². The molecular weight excluding hydrogens is 476 g/mol. The van der Waals surface area contributed by atoms with E-state index in [0.717, 1.165) is 40.9 Å². The van der Waals surface area contributed by atoms with Gasteiger partial charge in [-0.1, -0.05) is 18.2 Å². The predicted octanol–water partition coefficient (Wildman–Crippen LogP) is 3.39. The highest BCUT2D eigenvalue weighted by molar-refractivity contribution is 7.91. The molecule has 2 aliphatic rings. The van der Waals surface area contributed by atoms with E-state index in [-0.39, 0.29) is 37.3 Å². The topological polar surface area (TPSA) is 101 Å². The summed E-state index contributed by atoms with van der Waals surface area (Å²) in [5, 5.41) is 4.57. The number of rotatable bonds is 6. The first-order chi connectivity index (χ1) is 17.1. The first-order valence-corrected chi connectivity index (χ1v) is 14.3. The van der Waals surface area contributed by atoms with E-state index in [1.54, 1.807) is 6.20 Å². The quantitative estimate of drug-likeness (QED) is 0.542. The Balaban J connectivity index is 0.00000320. The van der Waals surface area contributed by atoms with Gasteiger partial charge in [0.05, 0.1) is 35.3 Å². The number of morpholine rings is 1. The van der Waals surface area contributed by atoms with Crippen molar-refractivity contribution in [2.75, 3.05) is 24.2 Å². The smallest absolute Gasteiger partial charge is 0.226 e. The van der Waals surface area contributed by atoms with E-state index in [4.69, 9.17) is 9.72 Å². The second-order valence-corrected chi connectivity index (χ2v) is 12.5. The van der Waals surface area contributed by atoms with Crippen LogP contribution in [-0.2, 0) is 25.8 Å². The minimum absolute atomic E-state index is 0. The Hall–Kier alpha value is -3.04. The van der Waals surface area contributed by atoms with Crippen molar-refractivity contribution in [3.8, 4) is 11.3 Å². The van der Waals surface area contributed by atoms with Crippen LogP contribution in [-0.4, -0.2) is 67.1 Å².